The molecular formula is C14H24ClN3O. The Morgan fingerprint density at radius 1 is 1.42 bits per heavy atom. The number of nitrogens with zero attached hydrogens (tertiary/aromatic N) is 1. The van der Waals surface area contributed by atoms with Gasteiger partial charge in [0.25, 0.3) is 0 Å². The molecule has 2 heterocycles. The zero-order valence-corrected chi connectivity index (χ0v) is 12.4. The van der Waals surface area contributed by atoms with E-state index < -0.39 is 0 Å². The zero-order valence-electron chi connectivity index (χ0n) is 11.7. The van der Waals surface area contributed by atoms with E-state index >= 15 is 0 Å². The Balaban J connectivity index is 1.73. The molecular weight excluding hydrogens is 262 g/mol. The molecule has 1 aliphatic heterocycles. The summed E-state index contributed by atoms with van der Waals surface area (Å²) in [5.41, 5.74) is 1.01. The van der Waals surface area contributed by atoms with Gasteiger partial charge in [0.1, 0.15) is 5.82 Å². The van der Waals surface area contributed by atoms with Crippen molar-refractivity contribution in [2.24, 2.45) is 5.92 Å². The molecule has 0 radical (unpaired) electrons. The fraction of sp³-hybridized carbons (Fsp3) is 0.786. The van der Waals surface area contributed by atoms with Crippen molar-refractivity contribution in [1.82, 2.24) is 15.3 Å². The fourth-order valence-corrected chi connectivity index (χ4v) is 2.59. The van der Waals surface area contributed by atoms with Crippen molar-refractivity contribution in [2.75, 3.05) is 19.8 Å². The Bertz CT molecular complexity index is 375. The molecule has 1 aromatic heterocycles. The molecule has 4 nitrogen and oxygen atoms in total. The fourth-order valence-electron chi connectivity index (χ4n) is 2.37. The molecule has 1 aromatic rings. The van der Waals surface area contributed by atoms with Crippen molar-refractivity contribution in [1.29, 1.82) is 0 Å². The monoisotopic (exact) mass is 285 g/mol. The number of H-pyrrole nitrogens is 1. The number of rotatable bonds is 7. The summed E-state index contributed by atoms with van der Waals surface area (Å²) in [6, 6.07) is 0. The molecule has 0 amide bonds. The molecule has 1 aliphatic rings. The van der Waals surface area contributed by atoms with E-state index in [4.69, 9.17) is 16.3 Å². The van der Waals surface area contributed by atoms with Gasteiger partial charge in [-0.15, -0.1) is 0 Å². The van der Waals surface area contributed by atoms with Crippen molar-refractivity contribution >= 4 is 11.6 Å². The predicted octanol–water partition coefficient (Wildman–Crippen LogP) is 2.92. The van der Waals surface area contributed by atoms with Gasteiger partial charge in [-0.25, -0.2) is 4.98 Å². The van der Waals surface area contributed by atoms with Crippen molar-refractivity contribution < 1.29 is 4.74 Å². The number of aryl methyl sites for hydroxylation is 1. The number of imidazole rings is 1. The second-order valence-corrected chi connectivity index (χ2v) is 5.60. The average molecular weight is 286 g/mol. The van der Waals surface area contributed by atoms with Gasteiger partial charge >= 0.3 is 0 Å². The van der Waals surface area contributed by atoms with Crippen LogP contribution in [-0.2, 0) is 17.7 Å². The number of halogens is 1. The summed E-state index contributed by atoms with van der Waals surface area (Å²) < 4.78 is 5.36. The minimum absolute atomic E-state index is 0.616. The number of unbranched alkanes of at least 4 members (excludes halogenated alkanes) is 1. The van der Waals surface area contributed by atoms with Crippen molar-refractivity contribution in [2.45, 2.75) is 45.6 Å². The van der Waals surface area contributed by atoms with E-state index in [-0.39, 0.29) is 0 Å². The highest BCUT2D eigenvalue weighted by Crippen LogP contribution is 2.16. The zero-order chi connectivity index (χ0) is 13.5. The summed E-state index contributed by atoms with van der Waals surface area (Å²) in [7, 11) is 0. The Labute approximate surface area is 120 Å². The van der Waals surface area contributed by atoms with Crippen LogP contribution in [-0.4, -0.2) is 29.7 Å². The van der Waals surface area contributed by atoms with Gasteiger partial charge in [-0.1, -0.05) is 24.9 Å². The van der Waals surface area contributed by atoms with Crippen LogP contribution >= 0.6 is 11.6 Å². The quantitative estimate of drug-likeness (QED) is 0.810. The maximum Gasteiger partial charge on any atom is 0.151 e. The minimum Gasteiger partial charge on any atom is -0.381 e. The molecule has 2 N–H and O–H groups in total. The second-order valence-electron chi connectivity index (χ2n) is 5.24. The number of ether oxygens (including phenoxy) is 1. The summed E-state index contributed by atoms with van der Waals surface area (Å²) in [6.07, 6.45) is 5.63. The summed E-state index contributed by atoms with van der Waals surface area (Å²) in [5, 5.41) is 4.09. The number of hydrogen-bond acceptors (Lipinski definition) is 3. The Morgan fingerprint density at radius 2 is 2.21 bits per heavy atom. The van der Waals surface area contributed by atoms with Crippen LogP contribution < -0.4 is 5.32 Å². The lowest BCUT2D eigenvalue weighted by Crippen LogP contribution is -2.27. The van der Waals surface area contributed by atoms with Crippen LogP contribution in [0, 0.1) is 5.92 Å². The number of hydrogen-bond donors (Lipinski definition) is 2. The van der Waals surface area contributed by atoms with E-state index in [1.54, 1.807) is 0 Å². The van der Waals surface area contributed by atoms with Gasteiger partial charge < -0.3 is 15.0 Å². The summed E-state index contributed by atoms with van der Waals surface area (Å²) in [6.45, 7) is 5.79. The maximum atomic E-state index is 6.14. The van der Waals surface area contributed by atoms with Crippen LogP contribution in [0.3, 0.4) is 0 Å². The normalized spacial score (nSPS) is 16.9. The molecule has 19 heavy (non-hydrogen) atoms. The largest absolute Gasteiger partial charge is 0.381 e. The SMILES string of the molecule is CCCCc1nc(Cl)c(CNCC2CCOCC2)[nH]1. The lowest BCUT2D eigenvalue weighted by Gasteiger charge is -2.22. The summed E-state index contributed by atoms with van der Waals surface area (Å²) >= 11 is 6.14. The second kappa shape index (κ2) is 7.88. The topological polar surface area (TPSA) is 49.9 Å². The number of nitrogens with one attached hydrogen (secondary N) is 2. The van der Waals surface area contributed by atoms with Crippen LogP contribution in [0.2, 0.25) is 5.15 Å². The summed E-state index contributed by atoms with van der Waals surface area (Å²) in [4.78, 5) is 7.69. The predicted molar refractivity (Wildman–Crippen MR) is 77.5 cm³/mol. The number of aromatic amines is 1. The van der Waals surface area contributed by atoms with E-state index in [9.17, 15) is 0 Å². The molecule has 0 spiro atoms. The molecule has 1 saturated heterocycles. The van der Waals surface area contributed by atoms with Crippen LogP contribution in [0.4, 0.5) is 0 Å². The average Bonchev–Trinajstić information content (AvgIpc) is 2.78. The molecule has 108 valence electrons. The lowest BCUT2D eigenvalue weighted by molar-refractivity contribution is 0.0662. The van der Waals surface area contributed by atoms with E-state index in [2.05, 4.69) is 22.2 Å². The standard InChI is InChI=1S/C14H24ClN3O/c1-2-3-4-13-17-12(14(15)18-13)10-16-9-11-5-7-19-8-6-11/h11,16H,2-10H2,1H3,(H,17,18). The first-order chi connectivity index (χ1) is 9.29. The van der Waals surface area contributed by atoms with Gasteiger partial charge in [-0.2, -0.15) is 0 Å². The van der Waals surface area contributed by atoms with Crippen LogP contribution in [0.15, 0.2) is 0 Å². The first kappa shape index (κ1) is 14.8. The third-order valence-corrected chi connectivity index (χ3v) is 3.93. The molecule has 0 aliphatic carbocycles. The van der Waals surface area contributed by atoms with E-state index in [1.165, 1.54) is 6.42 Å². The number of aromatic nitrogens is 2. The third-order valence-electron chi connectivity index (χ3n) is 3.62. The minimum atomic E-state index is 0.616. The van der Waals surface area contributed by atoms with Crippen LogP contribution in [0.1, 0.15) is 44.1 Å². The smallest absolute Gasteiger partial charge is 0.151 e. The molecule has 0 atom stereocenters. The van der Waals surface area contributed by atoms with Gasteiger partial charge in [0, 0.05) is 26.2 Å². The van der Waals surface area contributed by atoms with Gasteiger partial charge in [0.05, 0.1) is 5.69 Å². The highest BCUT2D eigenvalue weighted by molar-refractivity contribution is 6.30. The van der Waals surface area contributed by atoms with Gasteiger partial charge in [0.15, 0.2) is 5.15 Å². The van der Waals surface area contributed by atoms with E-state index in [1.807, 2.05) is 0 Å². The van der Waals surface area contributed by atoms with E-state index in [0.717, 1.165) is 69.4 Å². The molecule has 0 unspecified atom stereocenters. The highest BCUT2D eigenvalue weighted by atomic mass is 35.5. The first-order valence-electron chi connectivity index (χ1n) is 7.31. The Kier molecular flexibility index (Phi) is 6.14. The molecule has 0 saturated carbocycles. The molecule has 5 heteroatoms. The van der Waals surface area contributed by atoms with Gasteiger partial charge in [-0.05, 0) is 31.7 Å². The molecule has 1 fully saturated rings. The van der Waals surface area contributed by atoms with Crippen molar-refractivity contribution in [3.63, 3.8) is 0 Å². The Hall–Kier alpha value is -0.580. The van der Waals surface area contributed by atoms with Crippen LogP contribution in [0.5, 0.6) is 0 Å². The Morgan fingerprint density at radius 3 is 2.95 bits per heavy atom. The van der Waals surface area contributed by atoms with Crippen LogP contribution in [0.25, 0.3) is 0 Å². The third kappa shape index (κ3) is 4.79. The van der Waals surface area contributed by atoms with Crippen molar-refractivity contribution in [3.05, 3.63) is 16.7 Å². The first-order valence-corrected chi connectivity index (χ1v) is 7.69. The van der Waals surface area contributed by atoms with E-state index in [0.29, 0.717) is 5.15 Å². The van der Waals surface area contributed by atoms with Gasteiger partial charge in [0.2, 0.25) is 0 Å². The maximum absolute atomic E-state index is 6.14. The highest BCUT2D eigenvalue weighted by Gasteiger charge is 2.14. The lowest BCUT2D eigenvalue weighted by atomic mass is 10.0. The molecule has 2 rings (SSSR count). The van der Waals surface area contributed by atoms with Gasteiger partial charge in [-0.3, -0.25) is 0 Å². The molecule has 0 aromatic carbocycles. The molecule has 0 bridgehead atoms. The summed E-state index contributed by atoms with van der Waals surface area (Å²) in [5.74, 6) is 1.74. The van der Waals surface area contributed by atoms with Crippen molar-refractivity contribution in [3.8, 4) is 0 Å².